The van der Waals surface area contributed by atoms with Crippen LogP contribution in [-0.2, 0) is 11.0 Å². The van der Waals surface area contributed by atoms with E-state index in [0.29, 0.717) is 28.4 Å². The Morgan fingerprint density at radius 3 is 2.26 bits per heavy atom. The van der Waals surface area contributed by atoms with Gasteiger partial charge in [0, 0.05) is 23.0 Å². The Labute approximate surface area is 204 Å². The summed E-state index contributed by atoms with van der Waals surface area (Å²) in [6, 6.07) is 16.3. The smallest absolute Gasteiger partial charge is 0.416 e. The fourth-order valence-electron chi connectivity index (χ4n) is 3.67. The number of hydrogen-bond donors (Lipinski definition) is 1. The van der Waals surface area contributed by atoms with Gasteiger partial charge < -0.3 is 14.8 Å². The first kappa shape index (κ1) is 24.5. The Morgan fingerprint density at radius 2 is 1.66 bits per heavy atom. The molecule has 2 amide bonds. The largest absolute Gasteiger partial charge is 0.497 e. The monoisotopic (exact) mass is 502 g/mol. The molecule has 4 rings (SSSR count). The number of nitrogens with one attached hydrogen (secondary N) is 1. The van der Waals surface area contributed by atoms with Gasteiger partial charge >= 0.3 is 6.18 Å². The van der Waals surface area contributed by atoms with Crippen LogP contribution in [0.15, 0.2) is 66.7 Å². The molecule has 3 aromatic rings. The number of alkyl halides is 3. The van der Waals surface area contributed by atoms with Gasteiger partial charge in [0.2, 0.25) is 5.91 Å². The maximum absolute atomic E-state index is 12.9. The van der Waals surface area contributed by atoms with E-state index in [0.717, 1.165) is 17.7 Å². The average Bonchev–Trinajstić information content (AvgIpc) is 3.24. The minimum absolute atomic E-state index is 0.186. The number of methoxy groups -OCH3 is 2. The van der Waals surface area contributed by atoms with Crippen LogP contribution in [0.2, 0.25) is 0 Å². The summed E-state index contributed by atoms with van der Waals surface area (Å²) in [5, 5.41) is 2.38. The highest BCUT2D eigenvalue weighted by Gasteiger charge is 2.35. The first-order valence-corrected chi connectivity index (χ1v) is 11.5. The van der Waals surface area contributed by atoms with Crippen LogP contribution in [-0.4, -0.2) is 31.8 Å². The van der Waals surface area contributed by atoms with E-state index in [4.69, 9.17) is 9.47 Å². The lowest BCUT2D eigenvalue weighted by Crippen LogP contribution is -2.28. The van der Waals surface area contributed by atoms with Crippen LogP contribution in [0.1, 0.15) is 26.9 Å². The molecule has 0 saturated carbocycles. The SMILES string of the molecule is COc1cc(OC)cc(C(=O)Nc2cccc([C@@H]3SCC(=O)N3c3ccc(C(F)(F)F)cc3)c2)c1. The minimum Gasteiger partial charge on any atom is -0.497 e. The van der Waals surface area contributed by atoms with Crippen molar-refractivity contribution >= 4 is 35.0 Å². The van der Waals surface area contributed by atoms with Gasteiger partial charge in [0.15, 0.2) is 0 Å². The van der Waals surface area contributed by atoms with Gasteiger partial charge in [-0.3, -0.25) is 14.5 Å². The van der Waals surface area contributed by atoms with Crippen LogP contribution in [0.25, 0.3) is 0 Å². The molecule has 1 saturated heterocycles. The molecule has 0 aliphatic carbocycles. The number of amides is 2. The number of nitrogens with zero attached hydrogens (tertiary/aromatic N) is 1. The summed E-state index contributed by atoms with van der Waals surface area (Å²) in [6.45, 7) is 0. The Bertz CT molecular complexity index is 1230. The van der Waals surface area contributed by atoms with E-state index in [2.05, 4.69) is 5.32 Å². The third kappa shape index (κ3) is 5.37. The zero-order valence-electron chi connectivity index (χ0n) is 18.8. The number of carbonyl (C=O) groups excluding carboxylic acids is 2. The van der Waals surface area contributed by atoms with Crippen molar-refractivity contribution in [3.8, 4) is 11.5 Å². The van der Waals surface area contributed by atoms with Crippen molar-refractivity contribution in [1.29, 1.82) is 0 Å². The summed E-state index contributed by atoms with van der Waals surface area (Å²) < 4.78 is 49.2. The van der Waals surface area contributed by atoms with Crippen molar-refractivity contribution in [2.75, 3.05) is 30.2 Å². The number of anilines is 2. The molecular formula is C25H21F3N2O4S. The fourth-order valence-corrected chi connectivity index (χ4v) is 4.84. The molecule has 1 aliphatic rings. The molecule has 1 heterocycles. The predicted molar refractivity (Wildman–Crippen MR) is 128 cm³/mol. The van der Waals surface area contributed by atoms with Crippen molar-refractivity contribution in [3.63, 3.8) is 0 Å². The molecule has 1 atom stereocenters. The van der Waals surface area contributed by atoms with Crippen LogP contribution in [0.5, 0.6) is 11.5 Å². The van der Waals surface area contributed by atoms with Gasteiger partial charge in [0.25, 0.3) is 5.91 Å². The summed E-state index contributed by atoms with van der Waals surface area (Å²) in [5.41, 5.74) is 1.15. The predicted octanol–water partition coefficient (Wildman–Crippen LogP) is 5.75. The molecule has 1 N–H and O–H groups in total. The number of carbonyl (C=O) groups is 2. The first-order valence-electron chi connectivity index (χ1n) is 10.4. The van der Waals surface area contributed by atoms with Crippen molar-refractivity contribution in [3.05, 3.63) is 83.4 Å². The normalized spacial score (nSPS) is 15.7. The lowest BCUT2D eigenvalue weighted by atomic mass is 10.1. The molecule has 3 aromatic carbocycles. The van der Waals surface area contributed by atoms with Gasteiger partial charge in [0.1, 0.15) is 16.9 Å². The zero-order chi connectivity index (χ0) is 25.2. The summed E-state index contributed by atoms with van der Waals surface area (Å²) in [7, 11) is 2.98. The number of ether oxygens (including phenoxy) is 2. The van der Waals surface area contributed by atoms with E-state index in [1.807, 2.05) is 0 Å². The first-order chi connectivity index (χ1) is 16.7. The fraction of sp³-hybridized carbons (Fsp3) is 0.200. The second kappa shape index (κ2) is 9.91. The third-order valence-corrected chi connectivity index (χ3v) is 6.60. The standard InChI is InChI=1S/C25H21F3N2O4S/c1-33-20-11-16(12-21(13-20)34-2)23(32)29-18-5-3-4-15(10-18)24-30(22(31)14-35-24)19-8-6-17(7-9-19)25(26,27)28/h3-13,24H,14H2,1-2H3,(H,29,32)/t24-/m0/s1. The molecule has 1 fully saturated rings. The maximum atomic E-state index is 12.9. The van der Waals surface area contributed by atoms with Crippen LogP contribution < -0.4 is 19.7 Å². The van der Waals surface area contributed by atoms with Crippen molar-refractivity contribution in [2.45, 2.75) is 11.6 Å². The van der Waals surface area contributed by atoms with Gasteiger partial charge in [-0.25, -0.2) is 0 Å². The maximum Gasteiger partial charge on any atom is 0.416 e. The Balaban J connectivity index is 1.57. The van der Waals surface area contributed by atoms with Crippen molar-refractivity contribution in [2.24, 2.45) is 0 Å². The molecule has 182 valence electrons. The number of halogens is 3. The summed E-state index contributed by atoms with van der Waals surface area (Å²) in [4.78, 5) is 26.9. The van der Waals surface area contributed by atoms with E-state index in [9.17, 15) is 22.8 Å². The van der Waals surface area contributed by atoms with Gasteiger partial charge in [-0.05, 0) is 54.1 Å². The van der Waals surface area contributed by atoms with E-state index in [1.54, 1.807) is 42.5 Å². The number of benzene rings is 3. The molecule has 10 heteroatoms. The van der Waals surface area contributed by atoms with E-state index < -0.39 is 17.1 Å². The Morgan fingerprint density at radius 1 is 1.00 bits per heavy atom. The molecule has 1 aliphatic heterocycles. The lowest BCUT2D eigenvalue weighted by Gasteiger charge is -2.25. The summed E-state index contributed by atoms with van der Waals surface area (Å²) >= 11 is 1.36. The number of hydrogen-bond acceptors (Lipinski definition) is 5. The highest BCUT2D eigenvalue weighted by atomic mass is 32.2. The van der Waals surface area contributed by atoms with Crippen LogP contribution >= 0.6 is 11.8 Å². The second-order valence-electron chi connectivity index (χ2n) is 7.65. The molecule has 0 radical (unpaired) electrons. The quantitative estimate of drug-likeness (QED) is 0.465. The lowest BCUT2D eigenvalue weighted by molar-refractivity contribution is -0.137. The zero-order valence-corrected chi connectivity index (χ0v) is 19.6. The molecule has 35 heavy (non-hydrogen) atoms. The number of rotatable bonds is 6. The molecular weight excluding hydrogens is 481 g/mol. The highest BCUT2D eigenvalue weighted by Crippen LogP contribution is 2.43. The average molecular weight is 503 g/mol. The highest BCUT2D eigenvalue weighted by molar-refractivity contribution is 8.00. The topological polar surface area (TPSA) is 67.9 Å². The number of thioether (sulfide) groups is 1. The van der Waals surface area contributed by atoms with Crippen molar-refractivity contribution in [1.82, 2.24) is 0 Å². The third-order valence-electron chi connectivity index (χ3n) is 5.38. The van der Waals surface area contributed by atoms with E-state index >= 15 is 0 Å². The van der Waals surface area contributed by atoms with Crippen LogP contribution in [0, 0.1) is 0 Å². The van der Waals surface area contributed by atoms with Gasteiger partial charge in [0.05, 0.1) is 25.5 Å². The van der Waals surface area contributed by atoms with Crippen molar-refractivity contribution < 1.29 is 32.2 Å². The summed E-state index contributed by atoms with van der Waals surface area (Å²) in [5.74, 6) is 0.533. The van der Waals surface area contributed by atoms with E-state index in [-0.39, 0.29) is 17.6 Å². The van der Waals surface area contributed by atoms with Crippen LogP contribution in [0.4, 0.5) is 24.5 Å². The molecule has 0 unspecified atom stereocenters. The molecule has 0 bridgehead atoms. The Kier molecular flexibility index (Phi) is 6.93. The molecule has 6 nitrogen and oxygen atoms in total. The molecule has 0 spiro atoms. The molecule has 0 aromatic heterocycles. The van der Waals surface area contributed by atoms with Gasteiger partial charge in [-0.2, -0.15) is 13.2 Å². The van der Waals surface area contributed by atoms with Crippen LogP contribution in [0.3, 0.4) is 0 Å². The van der Waals surface area contributed by atoms with E-state index in [1.165, 1.54) is 43.0 Å². The minimum atomic E-state index is -4.46. The second-order valence-corrected chi connectivity index (χ2v) is 8.72. The summed E-state index contributed by atoms with van der Waals surface area (Å²) in [6.07, 6.45) is -4.46. The Hall–Kier alpha value is -3.66. The van der Waals surface area contributed by atoms with Gasteiger partial charge in [-0.1, -0.05) is 12.1 Å². The van der Waals surface area contributed by atoms with Gasteiger partial charge in [-0.15, -0.1) is 11.8 Å².